The maximum Gasteiger partial charge on any atom is 0.138 e. The molecule has 4 heteroatoms. The van der Waals surface area contributed by atoms with Crippen molar-refractivity contribution >= 4 is 11.8 Å². The Balaban J connectivity index is 2.68. The van der Waals surface area contributed by atoms with Crippen LogP contribution in [0.5, 0.6) is 0 Å². The molecule has 0 radical (unpaired) electrons. The second-order valence-electron chi connectivity index (χ2n) is 4.79. The summed E-state index contributed by atoms with van der Waals surface area (Å²) in [6.45, 7) is 11.7. The molecule has 1 heterocycles. The molecule has 0 saturated carbocycles. The van der Waals surface area contributed by atoms with E-state index in [4.69, 9.17) is 0 Å². The molecule has 0 aromatic carbocycles. The molecule has 0 unspecified atom stereocenters. The highest BCUT2D eigenvalue weighted by Crippen LogP contribution is 2.14. The number of rotatable bonds is 7. The lowest BCUT2D eigenvalue weighted by Crippen LogP contribution is -2.25. The van der Waals surface area contributed by atoms with Crippen LogP contribution in [0.2, 0.25) is 0 Å². The highest BCUT2D eigenvalue weighted by Gasteiger charge is 2.08. The van der Waals surface area contributed by atoms with Crippen molar-refractivity contribution in [2.45, 2.75) is 52.8 Å². The van der Waals surface area contributed by atoms with Crippen LogP contribution in [0.3, 0.4) is 0 Å². The monoisotopic (exact) mass is 267 g/mol. The second kappa shape index (κ2) is 7.74. The Bertz CT molecular complexity index is 354. The van der Waals surface area contributed by atoms with Gasteiger partial charge in [0, 0.05) is 17.4 Å². The van der Waals surface area contributed by atoms with Crippen LogP contribution in [0, 0.1) is 13.8 Å². The summed E-state index contributed by atoms with van der Waals surface area (Å²) < 4.78 is 0. The first kappa shape index (κ1) is 15.4. The van der Waals surface area contributed by atoms with Gasteiger partial charge in [0.2, 0.25) is 0 Å². The standard InChI is InChI=1S/C14H25N3S/c1-6-18-9-14-16-11(4)13(12(5)17-14)7-8-15-10(2)3/h10,15H,6-9H2,1-5H3. The molecular formula is C14H25N3S. The van der Waals surface area contributed by atoms with Gasteiger partial charge in [0.05, 0.1) is 5.75 Å². The van der Waals surface area contributed by atoms with Crippen LogP contribution in [-0.4, -0.2) is 28.3 Å². The molecule has 102 valence electrons. The number of hydrogen-bond donors (Lipinski definition) is 1. The fraction of sp³-hybridized carbons (Fsp3) is 0.714. The Morgan fingerprint density at radius 2 is 1.78 bits per heavy atom. The van der Waals surface area contributed by atoms with Crippen LogP contribution in [0.4, 0.5) is 0 Å². The molecule has 0 aliphatic rings. The van der Waals surface area contributed by atoms with Crippen LogP contribution in [-0.2, 0) is 12.2 Å². The van der Waals surface area contributed by atoms with Gasteiger partial charge in [-0.3, -0.25) is 0 Å². The largest absolute Gasteiger partial charge is 0.314 e. The molecule has 18 heavy (non-hydrogen) atoms. The highest BCUT2D eigenvalue weighted by molar-refractivity contribution is 7.98. The van der Waals surface area contributed by atoms with Crippen LogP contribution < -0.4 is 5.32 Å². The number of nitrogens with zero attached hydrogens (tertiary/aromatic N) is 2. The van der Waals surface area contributed by atoms with E-state index in [2.05, 4.69) is 49.9 Å². The maximum absolute atomic E-state index is 4.61. The summed E-state index contributed by atoms with van der Waals surface area (Å²) in [7, 11) is 0. The summed E-state index contributed by atoms with van der Waals surface area (Å²) >= 11 is 1.87. The van der Waals surface area contributed by atoms with Gasteiger partial charge in [-0.05, 0) is 38.1 Å². The third-order valence-corrected chi connectivity index (χ3v) is 3.70. The van der Waals surface area contributed by atoms with E-state index < -0.39 is 0 Å². The Morgan fingerprint density at radius 1 is 1.17 bits per heavy atom. The third-order valence-electron chi connectivity index (χ3n) is 2.83. The van der Waals surface area contributed by atoms with Gasteiger partial charge < -0.3 is 5.32 Å². The normalized spacial score (nSPS) is 11.2. The van der Waals surface area contributed by atoms with E-state index in [9.17, 15) is 0 Å². The lowest BCUT2D eigenvalue weighted by atomic mass is 10.1. The summed E-state index contributed by atoms with van der Waals surface area (Å²) in [5.74, 6) is 3.00. The second-order valence-corrected chi connectivity index (χ2v) is 6.06. The molecule has 0 amide bonds. The molecule has 1 rings (SSSR count). The van der Waals surface area contributed by atoms with Crippen molar-refractivity contribution in [3.8, 4) is 0 Å². The van der Waals surface area contributed by atoms with E-state index in [0.29, 0.717) is 6.04 Å². The highest BCUT2D eigenvalue weighted by atomic mass is 32.2. The van der Waals surface area contributed by atoms with Gasteiger partial charge in [0.25, 0.3) is 0 Å². The summed E-state index contributed by atoms with van der Waals surface area (Å²) in [5.41, 5.74) is 3.58. The first-order valence-corrected chi connectivity index (χ1v) is 7.84. The molecule has 0 spiro atoms. The third kappa shape index (κ3) is 4.94. The Morgan fingerprint density at radius 3 is 2.28 bits per heavy atom. The number of nitrogens with one attached hydrogen (secondary N) is 1. The van der Waals surface area contributed by atoms with Gasteiger partial charge in [-0.15, -0.1) is 0 Å². The zero-order valence-corrected chi connectivity index (χ0v) is 13.0. The van der Waals surface area contributed by atoms with Crippen molar-refractivity contribution in [1.82, 2.24) is 15.3 Å². The smallest absolute Gasteiger partial charge is 0.138 e. The summed E-state index contributed by atoms with van der Waals surface area (Å²) in [6, 6.07) is 0.534. The van der Waals surface area contributed by atoms with Crippen molar-refractivity contribution in [3.05, 3.63) is 22.8 Å². The van der Waals surface area contributed by atoms with E-state index in [1.165, 1.54) is 5.56 Å². The zero-order valence-electron chi connectivity index (χ0n) is 12.2. The van der Waals surface area contributed by atoms with E-state index in [1.807, 2.05) is 11.8 Å². The minimum absolute atomic E-state index is 0.534. The van der Waals surface area contributed by atoms with E-state index in [1.54, 1.807) is 0 Å². The van der Waals surface area contributed by atoms with Crippen LogP contribution >= 0.6 is 11.8 Å². The summed E-state index contributed by atoms with van der Waals surface area (Å²) in [4.78, 5) is 9.22. The molecule has 1 aromatic heterocycles. The van der Waals surface area contributed by atoms with Crippen molar-refractivity contribution < 1.29 is 0 Å². The average Bonchev–Trinajstić information content (AvgIpc) is 2.29. The minimum Gasteiger partial charge on any atom is -0.314 e. The van der Waals surface area contributed by atoms with Gasteiger partial charge in [0.15, 0.2) is 0 Å². The topological polar surface area (TPSA) is 37.8 Å². The number of hydrogen-bond acceptors (Lipinski definition) is 4. The molecule has 0 bridgehead atoms. The van der Waals surface area contributed by atoms with Gasteiger partial charge in [0.1, 0.15) is 5.82 Å². The van der Waals surface area contributed by atoms with Crippen LogP contribution in [0.25, 0.3) is 0 Å². The van der Waals surface area contributed by atoms with Crippen molar-refractivity contribution in [3.63, 3.8) is 0 Å². The van der Waals surface area contributed by atoms with Crippen molar-refractivity contribution in [1.29, 1.82) is 0 Å². The Labute approximate surface area is 115 Å². The fourth-order valence-corrected chi connectivity index (χ4v) is 2.43. The first-order valence-electron chi connectivity index (χ1n) is 6.68. The Hall–Kier alpha value is -0.610. The van der Waals surface area contributed by atoms with Crippen molar-refractivity contribution in [2.75, 3.05) is 12.3 Å². The van der Waals surface area contributed by atoms with E-state index in [0.717, 1.165) is 41.7 Å². The SMILES string of the molecule is CCSCc1nc(C)c(CCNC(C)C)c(C)n1. The van der Waals surface area contributed by atoms with Crippen molar-refractivity contribution in [2.24, 2.45) is 0 Å². The molecule has 0 atom stereocenters. The van der Waals surface area contributed by atoms with Crippen LogP contribution in [0.15, 0.2) is 0 Å². The number of aryl methyl sites for hydroxylation is 2. The van der Waals surface area contributed by atoms with Gasteiger partial charge in [-0.25, -0.2) is 9.97 Å². The average molecular weight is 267 g/mol. The molecular weight excluding hydrogens is 242 g/mol. The van der Waals surface area contributed by atoms with E-state index in [-0.39, 0.29) is 0 Å². The van der Waals surface area contributed by atoms with Crippen LogP contribution in [0.1, 0.15) is 43.5 Å². The lowest BCUT2D eigenvalue weighted by molar-refractivity contribution is 0.587. The molecule has 3 nitrogen and oxygen atoms in total. The Kier molecular flexibility index (Phi) is 6.65. The number of aromatic nitrogens is 2. The van der Waals surface area contributed by atoms with E-state index >= 15 is 0 Å². The molecule has 0 fully saturated rings. The van der Waals surface area contributed by atoms with Gasteiger partial charge in [-0.1, -0.05) is 20.8 Å². The van der Waals surface area contributed by atoms with Gasteiger partial charge >= 0.3 is 0 Å². The predicted octanol–water partition coefficient (Wildman–Crippen LogP) is 2.89. The summed E-state index contributed by atoms with van der Waals surface area (Å²) in [5, 5.41) is 3.44. The molecule has 0 saturated heterocycles. The van der Waals surface area contributed by atoms with Gasteiger partial charge in [-0.2, -0.15) is 11.8 Å². The first-order chi connectivity index (χ1) is 8.54. The zero-order chi connectivity index (χ0) is 13.5. The molecule has 0 aliphatic carbocycles. The predicted molar refractivity (Wildman–Crippen MR) is 80.2 cm³/mol. The lowest BCUT2D eigenvalue weighted by Gasteiger charge is -2.12. The number of thioether (sulfide) groups is 1. The minimum atomic E-state index is 0.534. The quantitative estimate of drug-likeness (QED) is 0.824. The molecule has 1 aromatic rings. The molecule has 0 aliphatic heterocycles. The molecule has 1 N–H and O–H groups in total. The fourth-order valence-electron chi connectivity index (χ4n) is 1.91. The maximum atomic E-state index is 4.61. The summed E-state index contributed by atoms with van der Waals surface area (Å²) in [6.07, 6.45) is 1.01.